The molecule has 0 bridgehead atoms. The standard InChI is InChI=1S/C13H15N3/c1-16-7-6-14-13(16)15-9-11-8-10-4-2-3-5-12(10)11/h2-7,11H,8-9H2,1H3,(H,14,15). The summed E-state index contributed by atoms with van der Waals surface area (Å²) in [6.45, 7) is 0.974. The first-order chi connectivity index (χ1) is 7.84. The molecular weight excluding hydrogens is 198 g/mol. The van der Waals surface area contributed by atoms with Crippen LogP contribution in [0.2, 0.25) is 0 Å². The highest BCUT2D eigenvalue weighted by Crippen LogP contribution is 2.34. The highest BCUT2D eigenvalue weighted by Gasteiger charge is 2.24. The molecule has 1 aliphatic carbocycles. The van der Waals surface area contributed by atoms with E-state index in [0.29, 0.717) is 5.92 Å². The molecule has 0 radical (unpaired) electrons. The molecule has 0 amide bonds. The SMILES string of the molecule is Cn1ccnc1NCC1Cc2ccccc21. The van der Waals surface area contributed by atoms with Crippen LogP contribution in [0.3, 0.4) is 0 Å². The van der Waals surface area contributed by atoms with Gasteiger partial charge in [0.1, 0.15) is 0 Å². The lowest BCUT2D eigenvalue weighted by atomic mass is 9.78. The number of rotatable bonds is 3. The lowest BCUT2D eigenvalue weighted by molar-refractivity contribution is 0.631. The summed E-state index contributed by atoms with van der Waals surface area (Å²) in [6.07, 6.45) is 4.96. The minimum atomic E-state index is 0.646. The van der Waals surface area contributed by atoms with Gasteiger partial charge in [-0.1, -0.05) is 24.3 Å². The van der Waals surface area contributed by atoms with E-state index in [0.717, 1.165) is 12.5 Å². The van der Waals surface area contributed by atoms with E-state index in [1.807, 2.05) is 24.0 Å². The van der Waals surface area contributed by atoms with E-state index in [1.54, 1.807) is 0 Å². The Hall–Kier alpha value is -1.77. The predicted molar refractivity (Wildman–Crippen MR) is 64.6 cm³/mol. The molecule has 1 atom stereocenters. The van der Waals surface area contributed by atoms with E-state index < -0.39 is 0 Å². The average Bonchev–Trinajstić information content (AvgIpc) is 2.66. The molecule has 1 N–H and O–H groups in total. The Morgan fingerprint density at radius 1 is 1.44 bits per heavy atom. The van der Waals surface area contributed by atoms with E-state index >= 15 is 0 Å². The highest BCUT2D eigenvalue weighted by atomic mass is 15.2. The van der Waals surface area contributed by atoms with Crippen molar-refractivity contribution in [3.8, 4) is 0 Å². The van der Waals surface area contributed by atoms with Crippen LogP contribution in [-0.4, -0.2) is 16.1 Å². The molecule has 3 heteroatoms. The summed E-state index contributed by atoms with van der Waals surface area (Å²) in [7, 11) is 2.00. The Bertz CT molecular complexity index is 501. The summed E-state index contributed by atoms with van der Waals surface area (Å²) in [5.74, 6) is 1.59. The number of aryl methyl sites for hydroxylation is 1. The van der Waals surface area contributed by atoms with Gasteiger partial charge in [-0.25, -0.2) is 4.98 Å². The summed E-state index contributed by atoms with van der Waals surface area (Å²) in [6, 6.07) is 8.67. The van der Waals surface area contributed by atoms with Gasteiger partial charge in [0.2, 0.25) is 5.95 Å². The lowest BCUT2D eigenvalue weighted by Crippen LogP contribution is -2.25. The van der Waals surface area contributed by atoms with Crippen LogP contribution < -0.4 is 5.32 Å². The maximum atomic E-state index is 4.25. The van der Waals surface area contributed by atoms with Crippen LogP contribution in [0.25, 0.3) is 0 Å². The van der Waals surface area contributed by atoms with Gasteiger partial charge in [0.25, 0.3) is 0 Å². The van der Waals surface area contributed by atoms with E-state index in [-0.39, 0.29) is 0 Å². The number of imidazole rings is 1. The number of nitrogens with zero attached hydrogens (tertiary/aromatic N) is 2. The van der Waals surface area contributed by atoms with Crippen molar-refractivity contribution in [3.63, 3.8) is 0 Å². The van der Waals surface area contributed by atoms with Gasteiger partial charge >= 0.3 is 0 Å². The molecule has 0 spiro atoms. The number of aromatic nitrogens is 2. The van der Waals surface area contributed by atoms with Crippen molar-refractivity contribution in [1.82, 2.24) is 9.55 Å². The van der Waals surface area contributed by atoms with Gasteiger partial charge in [0.05, 0.1) is 0 Å². The lowest BCUT2D eigenvalue weighted by Gasteiger charge is -2.30. The Labute approximate surface area is 95.1 Å². The third kappa shape index (κ3) is 1.48. The van der Waals surface area contributed by atoms with Gasteiger partial charge in [0, 0.05) is 31.9 Å². The van der Waals surface area contributed by atoms with Crippen molar-refractivity contribution >= 4 is 5.95 Å². The zero-order valence-electron chi connectivity index (χ0n) is 9.35. The third-order valence-corrected chi connectivity index (χ3v) is 3.29. The van der Waals surface area contributed by atoms with Crippen LogP contribution in [0, 0.1) is 0 Å². The van der Waals surface area contributed by atoms with Gasteiger partial charge < -0.3 is 9.88 Å². The molecule has 0 fully saturated rings. The second-order valence-electron chi connectivity index (χ2n) is 4.34. The maximum Gasteiger partial charge on any atom is 0.202 e. The molecule has 1 aromatic carbocycles. The minimum absolute atomic E-state index is 0.646. The van der Waals surface area contributed by atoms with Gasteiger partial charge in [-0.15, -0.1) is 0 Å². The maximum absolute atomic E-state index is 4.25. The first kappa shape index (κ1) is 9.46. The van der Waals surface area contributed by atoms with Crippen molar-refractivity contribution in [2.45, 2.75) is 12.3 Å². The van der Waals surface area contributed by atoms with Crippen molar-refractivity contribution in [1.29, 1.82) is 0 Å². The number of fused-ring (bicyclic) bond motifs is 1. The van der Waals surface area contributed by atoms with Crippen LogP contribution >= 0.6 is 0 Å². The van der Waals surface area contributed by atoms with E-state index in [2.05, 4.69) is 34.6 Å². The number of benzene rings is 1. The topological polar surface area (TPSA) is 29.9 Å². The van der Waals surface area contributed by atoms with Crippen LogP contribution in [0.5, 0.6) is 0 Å². The Kier molecular flexibility index (Phi) is 2.17. The fourth-order valence-corrected chi connectivity index (χ4v) is 2.30. The van der Waals surface area contributed by atoms with Crippen molar-refractivity contribution < 1.29 is 0 Å². The molecule has 2 aromatic rings. The number of anilines is 1. The fraction of sp³-hybridized carbons (Fsp3) is 0.308. The second kappa shape index (κ2) is 3.67. The highest BCUT2D eigenvalue weighted by molar-refractivity contribution is 5.41. The molecule has 1 aliphatic rings. The average molecular weight is 213 g/mol. The fourth-order valence-electron chi connectivity index (χ4n) is 2.30. The molecule has 82 valence electrons. The summed E-state index contributed by atoms with van der Waals surface area (Å²) in [5.41, 5.74) is 2.98. The van der Waals surface area contributed by atoms with Crippen molar-refractivity contribution in [3.05, 3.63) is 47.8 Å². The second-order valence-corrected chi connectivity index (χ2v) is 4.34. The van der Waals surface area contributed by atoms with E-state index in [4.69, 9.17) is 0 Å². The van der Waals surface area contributed by atoms with Gasteiger partial charge in [-0.2, -0.15) is 0 Å². The quantitative estimate of drug-likeness (QED) is 0.846. The predicted octanol–water partition coefficient (Wildman–Crippen LogP) is 2.17. The summed E-state index contributed by atoms with van der Waals surface area (Å²) in [5, 5.41) is 3.39. The normalized spacial score (nSPS) is 17.7. The molecule has 1 unspecified atom stereocenters. The Balaban J connectivity index is 1.65. The summed E-state index contributed by atoms with van der Waals surface area (Å²) < 4.78 is 2.00. The molecule has 1 heterocycles. The first-order valence-corrected chi connectivity index (χ1v) is 5.63. The zero-order valence-corrected chi connectivity index (χ0v) is 9.35. The molecule has 3 nitrogen and oxygen atoms in total. The van der Waals surface area contributed by atoms with Crippen LogP contribution in [-0.2, 0) is 13.5 Å². The molecular formula is C13H15N3. The molecule has 1 aromatic heterocycles. The zero-order chi connectivity index (χ0) is 11.0. The molecule has 0 aliphatic heterocycles. The van der Waals surface area contributed by atoms with Crippen LogP contribution in [0.15, 0.2) is 36.7 Å². The monoisotopic (exact) mass is 213 g/mol. The van der Waals surface area contributed by atoms with Crippen molar-refractivity contribution in [2.75, 3.05) is 11.9 Å². The summed E-state index contributed by atoms with van der Waals surface area (Å²) >= 11 is 0. The van der Waals surface area contributed by atoms with E-state index in [1.165, 1.54) is 17.5 Å². The van der Waals surface area contributed by atoms with Gasteiger partial charge in [0.15, 0.2) is 0 Å². The third-order valence-electron chi connectivity index (χ3n) is 3.29. The smallest absolute Gasteiger partial charge is 0.202 e. The molecule has 3 rings (SSSR count). The van der Waals surface area contributed by atoms with Crippen LogP contribution in [0.1, 0.15) is 17.0 Å². The van der Waals surface area contributed by atoms with Gasteiger partial charge in [-0.3, -0.25) is 0 Å². The van der Waals surface area contributed by atoms with Crippen molar-refractivity contribution in [2.24, 2.45) is 7.05 Å². The van der Waals surface area contributed by atoms with Gasteiger partial charge in [-0.05, 0) is 17.5 Å². The number of nitrogens with one attached hydrogen (secondary N) is 1. The van der Waals surface area contributed by atoms with Crippen LogP contribution in [0.4, 0.5) is 5.95 Å². The minimum Gasteiger partial charge on any atom is -0.355 e. The number of hydrogen-bond donors (Lipinski definition) is 1. The Morgan fingerprint density at radius 2 is 2.31 bits per heavy atom. The Morgan fingerprint density at radius 3 is 3.06 bits per heavy atom. The molecule has 16 heavy (non-hydrogen) atoms. The van der Waals surface area contributed by atoms with E-state index in [9.17, 15) is 0 Å². The molecule has 0 saturated carbocycles. The molecule has 0 saturated heterocycles. The first-order valence-electron chi connectivity index (χ1n) is 5.63. The number of hydrogen-bond acceptors (Lipinski definition) is 2. The largest absolute Gasteiger partial charge is 0.355 e. The summed E-state index contributed by atoms with van der Waals surface area (Å²) in [4.78, 5) is 4.25.